The second-order valence-corrected chi connectivity index (χ2v) is 5.54. The number of hydrogen-bond acceptors (Lipinski definition) is 2. The van der Waals surface area contributed by atoms with Gasteiger partial charge in [0.25, 0.3) is 0 Å². The molecule has 0 amide bonds. The second kappa shape index (κ2) is 9.56. The number of unbranched alkanes of at least 4 members (excludes halogenated alkanes) is 2. The van der Waals surface area contributed by atoms with Crippen LogP contribution in [0.15, 0.2) is 30.3 Å². The zero-order chi connectivity index (χ0) is 14.7. The van der Waals surface area contributed by atoms with Gasteiger partial charge in [0.2, 0.25) is 0 Å². The Balaban J connectivity index is 0.000000344. The van der Waals surface area contributed by atoms with E-state index >= 15 is 0 Å². The van der Waals surface area contributed by atoms with Crippen LogP contribution in [0.3, 0.4) is 0 Å². The van der Waals surface area contributed by atoms with Gasteiger partial charge < -0.3 is 10.2 Å². The average Bonchev–Trinajstić information content (AvgIpc) is 2.35. The van der Waals surface area contributed by atoms with E-state index in [9.17, 15) is 4.79 Å². The first-order valence-corrected chi connectivity index (χ1v) is 6.76. The zero-order valence-corrected chi connectivity index (χ0v) is 12.2. The molecule has 0 spiro atoms. The highest BCUT2D eigenvalue weighted by molar-refractivity contribution is 5.66. The summed E-state index contributed by atoms with van der Waals surface area (Å²) in [5.74, 6) is -0.757. The van der Waals surface area contributed by atoms with E-state index in [1.165, 1.54) is 5.56 Å². The number of carboxylic acid groups (broad SMARTS) is 1. The van der Waals surface area contributed by atoms with E-state index in [0.29, 0.717) is 18.3 Å². The minimum absolute atomic E-state index is 0.166. The van der Waals surface area contributed by atoms with Crippen molar-refractivity contribution < 1.29 is 15.0 Å². The lowest BCUT2D eigenvalue weighted by Gasteiger charge is -2.18. The van der Waals surface area contributed by atoms with Crippen molar-refractivity contribution in [3.63, 3.8) is 0 Å². The summed E-state index contributed by atoms with van der Waals surface area (Å²) in [5, 5.41) is 16.4. The molecule has 3 heteroatoms. The molecule has 0 heterocycles. The highest BCUT2D eigenvalue weighted by Crippen LogP contribution is 2.20. The van der Waals surface area contributed by atoms with Crippen LogP contribution in [-0.2, 0) is 10.2 Å². The van der Waals surface area contributed by atoms with Gasteiger partial charge in [0.1, 0.15) is 0 Å². The smallest absolute Gasteiger partial charge is 0.303 e. The molecule has 108 valence electrons. The summed E-state index contributed by atoms with van der Waals surface area (Å²) >= 11 is 0. The Morgan fingerprint density at radius 2 is 1.63 bits per heavy atom. The topological polar surface area (TPSA) is 57.5 Å². The Bertz CT molecular complexity index is 339. The Hall–Kier alpha value is -1.35. The molecule has 0 aromatic heterocycles. The van der Waals surface area contributed by atoms with Crippen molar-refractivity contribution in [3.05, 3.63) is 35.9 Å². The fraction of sp³-hybridized carbons (Fsp3) is 0.562. The highest BCUT2D eigenvalue weighted by Gasteiger charge is 2.11. The van der Waals surface area contributed by atoms with Crippen LogP contribution in [0.2, 0.25) is 0 Å². The van der Waals surface area contributed by atoms with Gasteiger partial charge in [0.15, 0.2) is 0 Å². The molecule has 0 bridgehead atoms. The lowest BCUT2D eigenvalue weighted by atomic mass is 9.87. The number of rotatable bonds is 5. The summed E-state index contributed by atoms with van der Waals surface area (Å²) in [5.41, 5.74) is 1.69. The molecular formula is C16H26O3. The van der Waals surface area contributed by atoms with Crippen molar-refractivity contribution in [2.75, 3.05) is 6.61 Å². The molecule has 0 saturated carbocycles. The third-order valence-electron chi connectivity index (χ3n) is 2.69. The van der Waals surface area contributed by atoms with Gasteiger partial charge >= 0.3 is 5.97 Å². The summed E-state index contributed by atoms with van der Waals surface area (Å²) in [6, 6.07) is 10.6. The molecule has 0 aliphatic rings. The first-order valence-electron chi connectivity index (χ1n) is 6.76. The maximum Gasteiger partial charge on any atom is 0.303 e. The van der Waals surface area contributed by atoms with Crippen LogP contribution >= 0.6 is 0 Å². The van der Waals surface area contributed by atoms with E-state index in [0.717, 1.165) is 6.42 Å². The monoisotopic (exact) mass is 266 g/mol. The van der Waals surface area contributed by atoms with E-state index in [1.807, 2.05) is 0 Å². The lowest BCUT2D eigenvalue weighted by molar-refractivity contribution is -0.137. The van der Waals surface area contributed by atoms with Gasteiger partial charge in [-0.05, 0) is 23.8 Å². The number of carbonyl (C=O) groups is 1. The summed E-state index contributed by atoms with van der Waals surface area (Å²) in [4.78, 5) is 9.90. The van der Waals surface area contributed by atoms with Crippen LogP contribution in [0.4, 0.5) is 0 Å². The molecule has 1 rings (SSSR count). The van der Waals surface area contributed by atoms with Gasteiger partial charge in [-0.1, -0.05) is 57.5 Å². The SMILES string of the molecule is CC(C)(C)c1ccccc1.O=C(O)CCCCCO. The van der Waals surface area contributed by atoms with Crippen molar-refractivity contribution in [3.8, 4) is 0 Å². The van der Waals surface area contributed by atoms with E-state index in [-0.39, 0.29) is 13.0 Å². The number of aliphatic carboxylic acids is 1. The van der Waals surface area contributed by atoms with Gasteiger partial charge in [-0.2, -0.15) is 0 Å². The maximum absolute atomic E-state index is 9.90. The maximum atomic E-state index is 9.90. The minimum Gasteiger partial charge on any atom is -0.481 e. The number of benzene rings is 1. The van der Waals surface area contributed by atoms with Crippen molar-refractivity contribution in [2.45, 2.75) is 51.9 Å². The molecule has 0 aliphatic heterocycles. The van der Waals surface area contributed by atoms with Gasteiger partial charge in [0.05, 0.1) is 0 Å². The number of hydrogen-bond donors (Lipinski definition) is 2. The first kappa shape index (κ1) is 17.6. The van der Waals surface area contributed by atoms with Gasteiger partial charge in [-0.15, -0.1) is 0 Å². The molecule has 1 aromatic carbocycles. The highest BCUT2D eigenvalue weighted by atomic mass is 16.4. The molecular weight excluding hydrogens is 240 g/mol. The van der Waals surface area contributed by atoms with E-state index < -0.39 is 5.97 Å². The number of aliphatic hydroxyl groups is 1. The van der Waals surface area contributed by atoms with Gasteiger partial charge in [0, 0.05) is 13.0 Å². The van der Waals surface area contributed by atoms with Crippen molar-refractivity contribution in [1.82, 2.24) is 0 Å². The predicted molar refractivity (Wildman–Crippen MR) is 78.3 cm³/mol. The van der Waals surface area contributed by atoms with Crippen LogP contribution in [0, 0.1) is 0 Å². The van der Waals surface area contributed by atoms with Crippen molar-refractivity contribution in [2.24, 2.45) is 0 Å². The van der Waals surface area contributed by atoms with Crippen LogP contribution < -0.4 is 0 Å². The molecule has 0 unspecified atom stereocenters. The quantitative estimate of drug-likeness (QED) is 0.800. The zero-order valence-electron chi connectivity index (χ0n) is 12.2. The van der Waals surface area contributed by atoms with Gasteiger partial charge in [-0.25, -0.2) is 0 Å². The molecule has 19 heavy (non-hydrogen) atoms. The third-order valence-corrected chi connectivity index (χ3v) is 2.69. The third kappa shape index (κ3) is 10.3. The lowest BCUT2D eigenvalue weighted by Crippen LogP contribution is -2.10. The average molecular weight is 266 g/mol. The Labute approximate surface area is 116 Å². The van der Waals surface area contributed by atoms with Crippen LogP contribution in [0.25, 0.3) is 0 Å². The summed E-state index contributed by atoms with van der Waals surface area (Å²) in [6.07, 6.45) is 2.42. The van der Waals surface area contributed by atoms with E-state index in [2.05, 4.69) is 51.1 Å². The standard InChI is InChI=1S/C10H14.C6H12O3/c1-10(2,3)9-7-5-4-6-8-9;7-5-3-1-2-4-6(8)9/h4-8H,1-3H3;7H,1-5H2,(H,8,9). The van der Waals surface area contributed by atoms with E-state index in [1.54, 1.807) is 0 Å². The summed E-state index contributed by atoms with van der Waals surface area (Å²) in [7, 11) is 0. The molecule has 1 aromatic rings. The summed E-state index contributed by atoms with van der Waals surface area (Å²) in [6.45, 7) is 6.84. The number of aliphatic hydroxyl groups excluding tert-OH is 1. The van der Waals surface area contributed by atoms with Crippen molar-refractivity contribution >= 4 is 5.97 Å². The summed E-state index contributed by atoms with van der Waals surface area (Å²) < 4.78 is 0. The van der Waals surface area contributed by atoms with Gasteiger partial charge in [-0.3, -0.25) is 4.79 Å². The normalized spacial score (nSPS) is 10.5. The molecule has 0 saturated heterocycles. The molecule has 0 atom stereocenters. The number of carboxylic acids is 1. The van der Waals surface area contributed by atoms with E-state index in [4.69, 9.17) is 10.2 Å². The Morgan fingerprint density at radius 3 is 2.00 bits per heavy atom. The van der Waals surface area contributed by atoms with Crippen LogP contribution in [0.1, 0.15) is 52.0 Å². The fourth-order valence-corrected chi connectivity index (χ4v) is 1.50. The predicted octanol–water partition coefficient (Wildman–Crippen LogP) is 3.61. The molecule has 0 radical (unpaired) electrons. The van der Waals surface area contributed by atoms with Crippen LogP contribution in [-0.4, -0.2) is 22.8 Å². The molecule has 3 nitrogen and oxygen atoms in total. The fourth-order valence-electron chi connectivity index (χ4n) is 1.50. The van der Waals surface area contributed by atoms with Crippen molar-refractivity contribution in [1.29, 1.82) is 0 Å². The molecule has 2 N–H and O–H groups in total. The molecule has 0 aliphatic carbocycles. The van der Waals surface area contributed by atoms with Crippen LogP contribution in [0.5, 0.6) is 0 Å². The molecule has 0 fully saturated rings. The Kier molecular flexibility index (Phi) is 8.88. The second-order valence-electron chi connectivity index (χ2n) is 5.54. The first-order chi connectivity index (χ1) is 8.88. The largest absolute Gasteiger partial charge is 0.481 e. The minimum atomic E-state index is -0.757. The Morgan fingerprint density at radius 1 is 1.05 bits per heavy atom.